The molecule has 0 bridgehead atoms. The summed E-state index contributed by atoms with van der Waals surface area (Å²) in [6.45, 7) is 5.37. The number of allylic oxidation sites excluding steroid dienone is 1. The van der Waals surface area contributed by atoms with Crippen LogP contribution in [0.5, 0.6) is 17.2 Å². The highest BCUT2D eigenvalue weighted by atomic mass is 16.5. The number of carbonyl (C=O) groups is 1. The van der Waals surface area contributed by atoms with E-state index in [4.69, 9.17) is 19.2 Å². The molecule has 1 saturated heterocycles. The van der Waals surface area contributed by atoms with E-state index >= 15 is 0 Å². The number of fused-ring (bicyclic) bond motifs is 1. The largest absolute Gasteiger partial charge is 0.495 e. The summed E-state index contributed by atoms with van der Waals surface area (Å²) in [6.07, 6.45) is 3.03. The molecule has 7 nitrogen and oxygen atoms in total. The Bertz CT molecular complexity index is 1430. The number of anilines is 1. The summed E-state index contributed by atoms with van der Waals surface area (Å²) in [4.78, 5) is 19.8. The van der Waals surface area contributed by atoms with E-state index < -0.39 is 0 Å². The van der Waals surface area contributed by atoms with Crippen molar-refractivity contribution in [2.45, 2.75) is 25.3 Å². The molecular weight excluding hydrogens is 466 g/mol. The third-order valence-electron chi connectivity index (χ3n) is 6.73. The first-order chi connectivity index (χ1) is 18.1. The van der Waals surface area contributed by atoms with Crippen LogP contribution in [0, 0.1) is 0 Å². The Kier molecular flexibility index (Phi) is 7.12. The van der Waals surface area contributed by atoms with Gasteiger partial charge in [0, 0.05) is 18.9 Å². The van der Waals surface area contributed by atoms with E-state index in [-0.39, 0.29) is 11.8 Å². The second kappa shape index (κ2) is 10.8. The molecule has 1 aromatic heterocycles. The molecule has 0 aliphatic carbocycles. The summed E-state index contributed by atoms with van der Waals surface area (Å²) in [5.41, 5.74) is 3.84. The van der Waals surface area contributed by atoms with E-state index in [2.05, 4.69) is 17.2 Å². The number of para-hydroxylation sites is 4. The van der Waals surface area contributed by atoms with Gasteiger partial charge < -0.3 is 23.7 Å². The van der Waals surface area contributed by atoms with Crippen LogP contribution in [0.2, 0.25) is 0 Å². The highest BCUT2D eigenvalue weighted by Crippen LogP contribution is 2.37. The summed E-state index contributed by atoms with van der Waals surface area (Å²) in [5, 5.41) is 0. The number of aromatic nitrogens is 2. The maximum atomic E-state index is 13.1. The van der Waals surface area contributed by atoms with Crippen LogP contribution in [-0.4, -0.2) is 42.8 Å². The van der Waals surface area contributed by atoms with Crippen LogP contribution < -0.4 is 19.1 Å². The minimum atomic E-state index is -0.0439. The molecule has 1 aliphatic rings. The first kappa shape index (κ1) is 24.4. The number of hydrogen-bond acceptors (Lipinski definition) is 5. The van der Waals surface area contributed by atoms with E-state index in [0.29, 0.717) is 43.4 Å². The van der Waals surface area contributed by atoms with Gasteiger partial charge in [0.1, 0.15) is 18.2 Å². The number of hydrogen-bond donors (Lipinski definition) is 0. The molecule has 0 radical (unpaired) electrons. The maximum absolute atomic E-state index is 13.1. The first-order valence-electron chi connectivity index (χ1n) is 12.4. The minimum Gasteiger partial charge on any atom is -0.495 e. The van der Waals surface area contributed by atoms with Gasteiger partial charge in [-0.25, -0.2) is 4.98 Å². The van der Waals surface area contributed by atoms with E-state index in [1.54, 1.807) is 19.1 Å². The molecule has 1 aliphatic heterocycles. The molecule has 3 aromatic carbocycles. The number of rotatable bonds is 10. The number of imidazole rings is 1. The van der Waals surface area contributed by atoms with Crippen molar-refractivity contribution >= 4 is 22.6 Å². The lowest BCUT2D eigenvalue weighted by Gasteiger charge is -2.20. The fourth-order valence-electron chi connectivity index (χ4n) is 4.98. The standard InChI is InChI=1S/C30H31N3O4/c1-4-9-21-14-15-27(28(18-21)36-3)37-17-16-32-24-11-6-5-10-23(24)31-30(32)22-19-29(34)33(20-22)25-12-7-8-13-26(25)35-2/h4-8,10-15,18,22H,1,9,16-17,19-20H2,2-3H3/t22-/m0/s1. The minimum absolute atomic E-state index is 0.0439. The van der Waals surface area contributed by atoms with Crippen molar-refractivity contribution < 1.29 is 19.0 Å². The molecule has 190 valence electrons. The molecule has 1 atom stereocenters. The normalized spacial score (nSPS) is 15.2. The van der Waals surface area contributed by atoms with Crippen LogP contribution in [-0.2, 0) is 17.8 Å². The lowest BCUT2D eigenvalue weighted by atomic mass is 10.1. The number of amides is 1. The Morgan fingerprint density at radius 1 is 1.00 bits per heavy atom. The van der Waals surface area contributed by atoms with Gasteiger partial charge in [0.2, 0.25) is 5.91 Å². The summed E-state index contributed by atoms with van der Waals surface area (Å²) >= 11 is 0. The predicted octanol–water partition coefficient (Wildman–Crippen LogP) is 5.38. The van der Waals surface area contributed by atoms with Crippen molar-refractivity contribution in [1.82, 2.24) is 9.55 Å². The molecular formula is C30H31N3O4. The highest BCUT2D eigenvalue weighted by Gasteiger charge is 2.36. The lowest BCUT2D eigenvalue weighted by molar-refractivity contribution is -0.117. The topological polar surface area (TPSA) is 65.8 Å². The van der Waals surface area contributed by atoms with Gasteiger partial charge in [0.25, 0.3) is 0 Å². The van der Waals surface area contributed by atoms with Crippen LogP contribution >= 0.6 is 0 Å². The van der Waals surface area contributed by atoms with Gasteiger partial charge in [-0.1, -0.05) is 36.4 Å². The van der Waals surface area contributed by atoms with E-state index in [1.807, 2.05) is 66.7 Å². The molecule has 0 saturated carbocycles. The van der Waals surface area contributed by atoms with Crippen LogP contribution in [0.3, 0.4) is 0 Å². The zero-order chi connectivity index (χ0) is 25.8. The lowest BCUT2D eigenvalue weighted by Crippen LogP contribution is -2.25. The monoisotopic (exact) mass is 497 g/mol. The van der Waals surface area contributed by atoms with Gasteiger partial charge in [0.05, 0.1) is 37.5 Å². The summed E-state index contributed by atoms with van der Waals surface area (Å²) in [5.74, 6) is 2.99. The average Bonchev–Trinajstić information content (AvgIpc) is 3.49. The van der Waals surface area contributed by atoms with Gasteiger partial charge in [-0.2, -0.15) is 0 Å². The van der Waals surface area contributed by atoms with Gasteiger partial charge >= 0.3 is 0 Å². The highest BCUT2D eigenvalue weighted by molar-refractivity contribution is 5.97. The first-order valence-corrected chi connectivity index (χ1v) is 12.4. The quantitative estimate of drug-likeness (QED) is 0.275. The van der Waals surface area contributed by atoms with Crippen LogP contribution in [0.25, 0.3) is 11.0 Å². The average molecular weight is 498 g/mol. The second-order valence-electron chi connectivity index (χ2n) is 9.01. The fourth-order valence-corrected chi connectivity index (χ4v) is 4.98. The summed E-state index contributed by atoms with van der Waals surface area (Å²) in [7, 11) is 3.27. The molecule has 5 rings (SSSR count). The third kappa shape index (κ3) is 4.89. The molecule has 0 N–H and O–H groups in total. The van der Waals surface area contributed by atoms with Crippen molar-refractivity contribution in [3.05, 3.63) is 90.8 Å². The smallest absolute Gasteiger partial charge is 0.227 e. The van der Waals surface area contributed by atoms with Crippen molar-refractivity contribution in [3.8, 4) is 17.2 Å². The number of ether oxygens (including phenoxy) is 3. The van der Waals surface area contributed by atoms with Gasteiger partial charge in [0.15, 0.2) is 11.5 Å². The van der Waals surface area contributed by atoms with Crippen molar-refractivity contribution in [3.63, 3.8) is 0 Å². The Balaban J connectivity index is 1.39. The molecule has 0 spiro atoms. The molecule has 1 amide bonds. The summed E-state index contributed by atoms with van der Waals surface area (Å²) in [6, 6.07) is 21.6. The Morgan fingerprint density at radius 3 is 2.59 bits per heavy atom. The predicted molar refractivity (Wildman–Crippen MR) is 145 cm³/mol. The SMILES string of the molecule is C=CCc1ccc(OCCn2c([C@H]3CC(=O)N(c4ccccc4OC)C3)nc3ccccc32)c(OC)c1. The van der Waals surface area contributed by atoms with Crippen molar-refractivity contribution in [2.24, 2.45) is 0 Å². The molecule has 1 fully saturated rings. The number of benzene rings is 3. The zero-order valence-electron chi connectivity index (χ0n) is 21.2. The van der Waals surface area contributed by atoms with E-state index in [0.717, 1.165) is 34.5 Å². The second-order valence-corrected chi connectivity index (χ2v) is 9.01. The maximum Gasteiger partial charge on any atom is 0.227 e. The number of nitrogens with zero attached hydrogens (tertiary/aromatic N) is 3. The van der Waals surface area contributed by atoms with E-state index in [1.165, 1.54) is 0 Å². The van der Waals surface area contributed by atoms with E-state index in [9.17, 15) is 4.79 Å². The molecule has 2 heterocycles. The summed E-state index contributed by atoms with van der Waals surface area (Å²) < 4.78 is 19.4. The van der Waals surface area contributed by atoms with Crippen LogP contribution in [0.4, 0.5) is 5.69 Å². The molecule has 4 aromatic rings. The molecule has 0 unspecified atom stereocenters. The number of methoxy groups -OCH3 is 2. The van der Waals surface area contributed by atoms with Crippen LogP contribution in [0.15, 0.2) is 79.4 Å². The Labute approximate surface area is 216 Å². The van der Waals surface area contributed by atoms with Gasteiger partial charge in [-0.15, -0.1) is 6.58 Å². The van der Waals surface area contributed by atoms with Crippen molar-refractivity contribution in [1.29, 1.82) is 0 Å². The van der Waals surface area contributed by atoms with Gasteiger partial charge in [-0.05, 0) is 48.4 Å². The molecule has 37 heavy (non-hydrogen) atoms. The Morgan fingerprint density at radius 2 is 1.78 bits per heavy atom. The Hall–Kier alpha value is -4.26. The molecule has 7 heteroatoms. The third-order valence-corrected chi connectivity index (χ3v) is 6.73. The number of carbonyl (C=O) groups excluding carboxylic acids is 1. The zero-order valence-corrected chi connectivity index (χ0v) is 21.2. The van der Waals surface area contributed by atoms with Crippen LogP contribution in [0.1, 0.15) is 23.7 Å². The van der Waals surface area contributed by atoms with Crippen molar-refractivity contribution in [2.75, 3.05) is 32.3 Å². The fraction of sp³-hybridized carbons (Fsp3) is 0.267. The van der Waals surface area contributed by atoms with Gasteiger partial charge in [-0.3, -0.25) is 4.79 Å².